The van der Waals surface area contributed by atoms with Gasteiger partial charge in [-0.25, -0.2) is 0 Å². The average molecular weight is 514 g/mol. The number of nitrogens with one attached hydrogen (secondary N) is 1. The van der Waals surface area contributed by atoms with Crippen LogP contribution >= 0.6 is 0 Å². The Balaban J connectivity index is 1.95. The van der Waals surface area contributed by atoms with Gasteiger partial charge in [-0.2, -0.15) is 0 Å². The molecule has 4 rings (SSSR count). The molecule has 7 N–H and O–H groups in total. The van der Waals surface area contributed by atoms with E-state index >= 15 is 0 Å². The van der Waals surface area contributed by atoms with Crippen molar-refractivity contribution in [2.24, 2.45) is 17.6 Å². The molecular formula is C26H31N3O8. The Bertz CT molecular complexity index is 1310. The highest BCUT2D eigenvalue weighted by atomic mass is 16.3. The molecule has 3 aliphatic rings. The van der Waals surface area contributed by atoms with Gasteiger partial charge in [-0.05, 0) is 50.4 Å². The predicted molar refractivity (Wildman–Crippen MR) is 131 cm³/mol. The van der Waals surface area contributed by atoms with Crippen molar-refractivity contribution >= 4 is 29.1 Å². The van der Waals surface area contributed by atoms with Crippen molar-refractivity contribution in [3.63, 3.8) is 0 Å². The van der Waals surface area contributed by atoms with Crippen molar-refractivity contribution in [3.8, 4) is 5.75 Å². The monoisotopic (exact) mass is 513 g/mol. The molecule has 0 spiro atoms. The fraction of sp³-hybridized carbons (Fsp3) is 0.462. The highest BCUT2D eigenvalue weighted by Crippen LogP contribution is 2.53. The molecule has 2 amide bonds. The second kappa shape index (κ2) is 9.00. The number of ketones is 2. The Labute approximate surface area is 213 Å². The van der Waals surface area contributed by atoms with E-state index in [1.165, 1.54) is 11.8 Å². The number of aliphatic hydroxyl groups excluding tert-OH is 2. The molecule has 1 saturated carbocycles. The van der Waals surface area contributed by atoms with Gasteiger partial charge in [0, 0.05) is 30.5 Å². The van der Waals surface area contributed by atoms with Crippen LogP contribution < -0.4 is 11.1 Å². The maximum absolute atomic E-state index is 13.9. The van der Waals surface area contributed by atoms with Gasteiger partial charge in [0.2, 0.25) is 11.7 Å². The summed E-state index contributed by atoms with van der Waals surface area (Å²) in [5.74, 6) is -7.18. The number of primary amides is 1. The standard InChI is InChI=1S/C26H31N3O8/c1-5-11-6-13(9-28-10(2)30)20(31)17-14(11)7-12-8-15-19(29(3)4)22(33)18(25(27)36)24(35)26(15,37)23(34)16(12)21(17)32/h6,12,15,19,31-32,35,37H,5,7-9H2,1-4H3,(H2,27,36)(H,28,30)/t12?,15-,19?,26-/m0/s1. The van der Waals surface area contributed by atoms with Gasteiger partial charge in [0.05, 0.1) is 11.6 Å². The lowest BCUT2D eigenvalue weighted by molar-refractivity contribution is -0.153. The number of aryl methyl sites for hydroxylation is 1. The molecule has 1 aromatic carbocycles. The second-order valence-corrected chi connectivity index (χ2v) is 10.1. The summed E-state index contributed by atoms with van der Waals surface area (Å²) in [4.78, 5) is 51.9. The zero-order valence-electron chi connectivity index (χ0n) is 21.1. The molecule has 11 heteroatoms. The normalized spacial score (nSPS) is 27.1. The first-order valence-corrected chi connectivity index (χ1v) is 12.0. The lowest BCUT2D eigenvalue weighted by atomic mass is 9.57. The number of phenols is 1. The Kier molecular flexibility index (Phi) is 6.41. The number of benzene rings is 1. The van der Waals surface area contributed by atoms with Gasteiger partial charge < -0.3 is 31.5 Å². The molecule has 2 unspecified atom stereocenters. The number of hydrogen-bond donors (Lipinski definition) is 6. The molecule has 0 heterocycles. The van der Waals surface area contributed by atoms with Crippen LogP contribution in [0.5, 0.6) is 5.75 Å². The van der Waals surface area contributed by atoms with Crippen LogP contribution in [0.2, 0.25) is 0 Å². The maximum Gasteiger partial charge on any atom is 0.255 e. The highest BCUT2D eigenvalue weighted by Gasteiger charge is 2.64. The van der Waals surface area contributed by atoms with Crippen LogP contribution in [0.25, 0.3) is 5.76 Å². The van der Waals surface area contributed by atoms with E-state index < -0.39 is 58.0 Å². The van der Waals surface area contributed by atoms with Crippen molar-refractivity contribution in [3.05, 3.63) is 45.2 Å². The molecule has 0 bridgehead atoms. The zero-order valence-corrected chi connectivity index (χ0v) is 21.1. The van der Waals surface area contributed by atoms with E-state index in [1.807, 2.05) is 6.92 Å². The molecule has 0 radical (unpaired) electrons. The van der Waals surface area contributed by atoms with Crippen LogP contribution in [0.1, 0.15) is 42.5 Å². The van der Waals surface area contributed by atoms with E-state index in [-0.39, 0.29) is 42.2 Å². The quantitative estimate of drug-likeness (QED) is 0.298. The average Bonchev–Trinajstić information content (AvgIpc) is 2.80. The van der Waals surface area contributed by atoms with Crippen LogP contribution in [0.3, 0.4) is 0 Å². The molecule has 198 valence electrons. The SMILES string of the molecule is CCc1cc(CNC(C)=O)c(O)c2c1CC1C[C@H]3C(N(C)C)C(=O)C(C(N)=O)=C(O)[C@@]3(O)C(=O)C1=C2O. The number of phenolic OH excluding ortho intramolecular Hbond substituents is 1. The van der Waals surface area contributed by atoms with Crippen molar-refractivity contribution in [2.45, 2.75) is 51.3 Å². The Morgan fingerprint density at radius 3 is 2.38 bits per heavy atom. The van der Waals surface area contributed by atoms with Gasteiger partial charge in [-0.15, -0.1) is 0 Å². The van der Waals surface area contributed by atoms with Crippen LogP contribution in [0.4, 0.5) is 0 Å². The maximum atomic E-state index is 13.9. The summed E-state index contributed by atoms with van der Waals surface area (Å²) in [7, 11) is 3.11. The Morgan fingerprint density at radius 1 is 1.19 bits per heavy atom. The largest absolute Gasteiger partial charge is 0.508 e. The van der Waals surface area contributed by atoms with Crippen LogP contribution in [-0.4, -0.2) is 74.4 Å². The molecule has 3 aliphatic carbocycles. The zero-order chi connectivity index (χ0) is 27.6. The molecule has 0 aliphatic heterocycles. The summed E-state index contributed by atoms with van der Waals surface area (Å²) in [6.45, 7) is 3.21. The van der Waals surface area contributed by atoms with E-state index in [2.05, 4.69) is 5.32 Å². The summed E-state index contributed by atoms with van der Waals surface area (Å²) in [5, 5.41) is 47.5. The van der Waals surface area contributed by atoms with Gasteiger partial charge in [0.25, 0.3) is 5.91 Å². The number of carbonyl (C=O) groups excluding carboxylic acids is 4. The minimum absolute atomic E-state index is 0.00836. The summed E-state index contributed by atoms with van der Waals surface area (Å²) in [6, 6.07) is 0.612. The number of hydrogen-bond acceptors (Lipinski definition) is 9. The van der Waals surface area contributed by atoms with Crippen molar-refractivity contribution < 1.29 is 39.6 Å². The van der Waals surface area contributed by atoms with E-state index in [0.29, 0.717) is 17.5 Å². The lowest BCUT2D eigenvalue weighted by Crippen LogP contribution is -2.65. The Morgan fingerprint density at radius 2 is 1.84 bits per heavy atom. The molecule has 11 nitrogen and oxygen atoms in total. The van der Waals surface area contributed by atoms with Gasteiger partial charge in [0.1, 0.15) is 22.8 Å². The molecule has 1 aromatic rings. The number of carbonyl (C=O) groups is 4. The third-order valence-corrected chi connectivity index (χ3v) is 7.80. The van der Waals surface area contributed by atoms with Crippen LogP contribution in [-0.2, 0) is 38.6 Å². The first-order valence-electron chi connectivity index (χ1n) is 12.0. The number of aromatic hydroxyl groups is 1. The fourth-order valence-electron chi connectivity index (χ4n) is 6.12. The van der Waals surface area contributed by atoms with Gasteiger partial charge >= 0.3 is 0 Å². The Hall–Kier alpha value is -3.70. The molecule has 1 fully saturated rings. The first-order chi connectivity index (χ1) is 17.3. The molecular weight excluding hydrogens is 482 g/mol. The van der Waals surface area contributed by atoms with Crippen LogP contribution in [0.15, 0.2) is 23.0 Å². The predicted octanol–water partition coefficient (Wildman–Crippen LogP) is 0.163. The van der Waals surface area contributed by atoms with Gasteiger partial charge in [-0.3, -0.25) is 24.1 Å². The first kappa shape index (κ1) is 26.4. The number of nitrogens with zero attached hydrogens (tertiary/aromatic N) is 1. The van der Waals surface area contributed by atoms with Crippen molar-refractivity contribution in [2.75, 3.05) is 14.1 Å². The number of rotatable bonds is 5. The second-order valence-electron chi connectivity index (χ2n) is 10.1. The summed E-state index contributed by atoms with van der Waals surface area (Å²) in [6.07, 6.45) is 0.797. The minimum Gasteiger partial charge on any atom is -0.508 e. The van der Waals surface area contributed by atoms with E-state index in [4.69, 9.17) is 5.73 Å². The van der Waals surface area contributed by atoms with E-state index in [0.717, 1.165) is 5.56 Å². The number of Topliss-reactive ketones (excluding diaryl/α,β-unsaturated/α-hetero) is 2. The number of nitrogens with two attached hydrogens (primary N) is 1. The third kappa shape index (κ3) is 3.72. The summed E-state index contributed by atoms with van der Waals surface area (Å²) in [5.41, 5.74) is 3.38. The van der Waals surface area contributed by atoms with Crippen LogP contribution in [0, 0.1) is 11.8 Å². The number of aliphatic hydroxyl groups is 3. The van der Waals surface area contributed by atoms with Crippen molar-refractivity contribution in [1.82, 2.24) is 10.2 Å². The highest BCUT2D eigenvalue weighted by molar-refractivity contribution is 6.24. The third-order valence-electron chi connectivity index (χ3n) is 7.80. The lowest BCUT2D eigenvalue weighted by Gasteiger charge is -2.50. The number of likely N-dealkylation sites (N-methyl/N-ethyl adjacent to an activating group) is 1. The molecule has 0 aromatic heterocycles. The topological polar surface area (TPSA) is 190 Å². The minimum atomic E-state index is -2.68. The van der Waals surface area contributed by atoms with Gasteiger partial charge in [0.15, 0.2) is 11.4 Å². The van der Waals surface area contributed by atoms with E-state index in [9.17, 15) is 39.6 Å². The number of amides is 2. The molecule has 0 saturated heterocycles. The smallest absolute Gasteiger partial charge is 0.255 e. The summed E-state index contributed by atoms with van der Waals surface area (Å²) >= 11 is 0. The van der Waals surface area contributed by atoms with Crippen molar-refractivity contribution in [1.29, 1.82) is 0 Å². The molecule has 37 heavy (non-hydrogen) atoms. The molecule has 4 atom stereocenters. The number of fused-ring (bicyclic) bond motifs is 3. The summed E-state index contributed by atoms with van der Waals surface area (Å²) < 4.78 is 0. The van der Waals surface area contributed by atoms with E-state index in [1.54, 1.807) is 20.2 Å². The van der Waals surface area contributed by atoms with Gasteiger partial charge in [-0.1, -0.05) is 13.0 Å². The fourth-order valence-corrected chi connectivity index (χ4v) is 6.12.